The van der Waals surface area contributed by atoms with Gasteiger partial charge in [-0.05, 0) is 61.7 Å². The Labute approximate surface area is 138 Å². The van der Waals surface area contributed by atoms with Gasteiger partial charge in [0.05, 0.1) is 20.8 Å². The molecule has 0 unspecified atom stereocenters. The molecule has 0 bridgehead atoms. The van der Waals surface area contributed by atoms with E-state index in [-0.39, 0.29) is 0 Å². The lowest BCUT2D eigenvalue weighted by molar-refractivity contribution is 0.944. The quantitative estimate of drug-likeness (QED) is 0.426. The Balaban J connectivity index is 1.98. The van der Waals surface area contributed by atoms with E-state index in [0.29, 0.717) is 5.84 Å². The predicted molar refractivity (Wildman–Crippen MR) is 111 cm³/mol. The summed E-state index contributed by atoms with van der Waals surface area (Å²) in [5.74, 6) is 3.18. The second-order valence-electron chi connectivity index (χ2n) is 4.35. The maximum absolute atomic E-state index is 6.25. The lowest BCUT2D eigenvalue weighted by Gasteiger charge is -2.01. The molecule has 0 saturated carbocycles. The van der Waals surface area contributed by atoms with Gasteiger partial charge in [0.25, 0.3) is 0 Å². The molecule has 0 aromatic carbocycles. The van der Waals surface area contributed by atoms with Gasteiger partial charge in [0.1, 0.15) is 17.5 Å². The van der Waals surface area contributed by atoms with E-state index in [4.69, 9.17) is 16.5 Å². The zero-order valence-corrected chi connectivity index (χ0v) is 18.2. The third-order valence-corrected chi connectivity index (χ3v) is 19.5. The maximum Gasteiger partial charge on any atom is 0.169 e. The molecule has 3 aromatic rings. The minimum absolute atomic E-state index is 0.633. The van der Waals surface area contributed by atoms with Crippen LogP contribution in [0.25, 0.3) is 10.2 Å². The van der Waals surface area contributed by atoms with Crippen LogP contribution < -0.4 is 11.5 Å². The first-order valence-corrected chi connectivity index (χ1v) is 17.3. The second kappa shape index (κ2) is 6.34. The Morgan fingerprint density at radius 3 is 2.32 bits per heavy atom. The molecule has 0 radical (unpaired) electrons. The third-order valence-electron chi connectivity index (χ3n) is 3.13. The van der Waals surface area contributed by atoms with E-state index in [0.717, 1.165) is 22.8 Å². The Morgan fingerprint density at radius 1 is 0.909 bits per heavy atom. The van der Waals surface area contributed by atoms with Crippen LogP contribution >= 0.6 is 61.7 Å². The molecular weight excluding hydrogens is 426 g/mol. The molecule has 0 atom stereocenters. The first-order valence-electron chi connectivity index (χ1n) is 5.96. The van der Waals surface area contributed by atoms with Crippen molar-refractivity contribution < 1.29 is 0 Å². The molecule has 108 valence electrons. The highest BCUT2D eigenvalue weighted by Gasteiger charge is 2.22. The monoisotopic (exact) mass is 433 g/mol. The largest absolute Gasteiger partial charge is 0.384 e. The number of fused-ring (bicyclic) bond motifs is 2. The van der Waals surface area contributed by atoms with Crippen molar-refractivity contribution in [2.45, 2.75) is 0 Å². The number of hydrogen-bond acceptors (Lipinski definition) is 3. The molecule has 1 aliphatic heterocycles. The first-order chi connectivity index (χ1) is 10.7. The van der Waals surface area contributed by atoms with E-state index in [1.54, 1.807) is 0 Å². The highest BCUT2D eigenvalue weighted by Crippen LogP contribution is 2.52. The minimum Gasteiger partial charge on any atom is -0.384 e. The fraction of sp³-hybridized carbons (Fsp3) is 0.111. The van der Waals surface area contributed by atoms with Gasteiger partial charge in [-0.2, -0.15) is 0 Å². The molecule has 5 nitrogen and oxygen atoms in total. The Bertz CT molecular complexity index is 979. The smallest absolute Gasteiger partial charge is 0.169 e. The van der Waals surface area contributed by atoms with Gasteiger partial charge in [-0.15, -0.1) is 0 Å². The van der Waals surface area contributed by atoms with Crippen LogP contribution in [0.15, 0.2) is 9.98 Å². The maximum atomic E-state index is 6.25. The average molecular weight is 433 g/mol. The highest BCUT2D eigenvalue weighted by molar-refractivity contribution is 8.31. The van der Waals surface area contributed by atoms with Crippen molar-refractivity contribution in [3.63, 3.8) is 0 Å². The van der Waals surface area contributed by atoms with Gasteiger partial charge in [-0.1, -0.05) is 0 Å². The molecule has 13 heteroatoms. The van der Waals surface area contributed by atoms with Gasteiger partial charge in [0.2, 0.25) is 0 Å². The summed E-state index contributed by atoms with van der Waals surface area (Å²) in [5, 5.41) is 4.82. The van der Waals surface area contributed by atoms with Crippen LogP contribution in [0.5, 0.6) is 0 Å². The van der Waals surface area contributed by atoms with Crippen LogP contribution in [0.1, 0.15) is 10.6 Å². The van der Waals surface area contributed by atoms with Crippen LogP contribution in [0.3, 0.4) is 0 Å². The highest BCUT2D eigenvalue weighted by atomic mass is 32.3. The summed E-state index contributed by atoms with van der Waals surface area (Å²) in [6.07, 6.45) is 0. The van der Waals surface area contributed by atoms with Crippen molar-refractivity contribution in [3.8, 4) is 0 Å². The summed E-state index contributed by atoms with van der Waals surface area (Å²) >= 11 is 0. The van der Waals surface area contributed by atoms with E-state index in [2.05, 4.69) is 4.99 Å². The first kappa shape index (κ1) is 15.9. The fourth-order valence-electron chi connectivity index (χ4n) is 2.05. The summed E-state index contributed by atoms with van der Waals surface area (Å²) in [4.78, 5) is 9.37. The summed E-state index contributed by atoms with van der Waals surface area (Å²) < 4.78 is 1.99. The van der Waals surface area contributed by atoms with Crippen molar-refractivity contribution in [2.24, 2.45) is 22.8 Å². The van der Waals surface area contributed by atoms with Gasteiger partial charge < -0.3 is 16.0 Å². The molecule has 3 aromatic heterocycles. The van der Waals surface area contributed by atoms with Crippen molar-refractivity contribution in [2.75, 3.05) is 5.73 Å². The van der Waals surface area contributed by atoms with Crippen LogP contribution in [0.2, 0.25) is 0 Å². The molecule has 1 aliphatic rings. The number of nitrogen functional groups attached to an aromatic ring is 1. The molecule has 0 fully saturated rings. The molecule has 22 heavy (non-hydrogen) atoms. The predicted octanol–water partition coefficient (Wildman–Crippen LogP) is 7.20. The number of aliphatic imine (C=N–C) groups is 2. The summed E-state index contributed by atoms with van der Waals surface area (Å²) in [5.41, 5.74) is 12.3. The standard InChI is InChI=1S/C9H7N5P8/c1-14-7(11)3-5(18-22-20-16-3)9(14)13-8-4-2(6(10)12-8)15-19-21-17-4/h11H2,1H3,(H2,10,12,13). The number of nitrogens with two attached hydrogens (primary N) is 2. The topological polar surface area (TPSA) is 81.7 Å². The van der Waals surface area contributed by atoms with Crippen LogP contribution in [-0.4, -0.2) is 16.2 Å². The second-order valence-corrected chi connectivity index (χ2v) is 18.6. The summed E-state index contributed by atoms with van der Waals surface area (Å²) in [6, 6.07) is 0. The van der Waals surface area contributed by atoms with Gasteiger partial charge >= 0.3 is 0 Å². The summed E-state index contributed by atoms with van der Waals surface area (Å²) in [7, 11) is 12.5. The van der Waals surface area contributed by atoms with Crippen LogP contribution in [0.4, 0.5) is 11.6 Å². The SMILES string of the molecule is Cn1c(N)c2ppppc2c1N=C1N=C(N)c2ppppc21. The molecular formula is C9H7N5P8. The van der Waals surface area contributed by atoms with Crippen molar-refractivity contribution in [1.29, 1.82) is 0 Å². The normalized spacial score (nSPS) is 18.2. The lowest BCUT2D eigenvalue weighted by atomic mass is 10.4. The lowest BCUT2D eigenvalue weighted by Crippen LogP contribution is -2.07. The van der Waals surface area contributed by atoms with Crippen LogP contribution in [-0.2, 0) is 7.05 Å². The molecule has 0 spiro atoms. The number of anilines is 1. The van der Waals surface area contributed by atoms with Crippen molar-refractivity contribution in [3.05, 3.63) is 10.6 Å². The van der Waals surface area contributed by atoms with E-state index >= 15 is 0 Å². The van der Waals surface area contributed by atoms with Crippen molar-refractivity contribution >= 4 is 95.2 Å². The van der Waals surface area contributed by atoms with Crippen molar-refractivity contribution in [1.82, 2.24) is 4.57 Å². The van der Waals surface area contributed by atoms with E-state index in [9.17, 15) is 0 Å². The summed E-state index contributed by atoms with van der Waals surface area (Å²) in [6.45, 7) is 0. The van der Waals surface area contributed by atoms with Gasteiger partial charge in [-0.3, -0.25) is 0 Å². The Morgan fingerprint density at radius 2 is 1.55 bits per heavy atom. The van der Waals surface area contributed by atoms with Gasteiger partial charge in [0.15, 0.2) is 5.84 Å². The third kappa shape index (κ3) is 2.58. The molecule has 0 saturated heterocycles. The number of rotatable bonds is 1. The zero-order chi connectivity index (χ0) is 15.3. The number of aromatic nitrogens is 1. The molecule has 0 aliphatic carbocycles. The Hall–Kier alpha value is 0.360. The van der Waals surface area contributed by atoms with E-state index in [1.807, 2.05) is 11.6 Å². The molecule has 4 N–H and O–H groups in total. The Kier molecular flexibility index (Phi) is 4.57. The van der Waals surface area contributed by atoms with E-state index < -0.39 is 0 Å². The minimum atomic E-state index is 0.633. The number of amidine groups is 2. The number of nitrogens with zero attached hydrogens (tertiary/aromatic N) is 3. The van der Waals surface area contributed by atoms with Gasteiger partial charge in [-0.25, -0.2) is 9.98 Å². The van der Waals surface area contributed by atoms with Crippen LogP contribution in [0, 0.1) is 0 Å². The molecule has 4 rings (SSSR count). The zero-order valence-electron chi connectivity index (χ0n) is 11.1. The molecule has 0 amide bonds. The van der Waals surface area contributed by atoms with E-state index in [1.165, 1.54) is 77.2 Å². The average Bonchev–Trinajstić information content (AvgIpc) is 2.99. The number of hydrogen-bond donors (Lipinski definition) is 2. The molecule has 4 heterocycles. The fourth-order valence-corrected chi connectivity index (χ4v) is 18.7. The van der Waals surface area contributed by atoms with Gasteiger partial charge in [0, 0.05) is 7.05 Å².